The van der Waals surface area contributed by atoms with E-state index in [1.54, 1.807) is 35.2 Å². The largest absolute Gasteiger partial charge is 0.354 e. The van der Waals surface area contributed by atoms with Crippen LogP contribution in [-0.4, -0.2) is 44.3 Å². The van der Waals surface area contributed by atoms with Crippen LogP contribution in [0.2, 0.25) is 5.02 Å². The molecular weight excluding hydrogens is 510 g/mol. The summed E-state index contributed by atoms with van der Waals surface area (Å²) in [6, 6.07) is 17.4. The number of hydrogen-bond acceptors (Lipinski definition) is 4. The standard InChI is InChI=1S/C28H32ClN3O4S/c1-3-17-30-28(34)23(4-2)31(19-20-13-15-22(29)16-14-20)26(33)12-7-18-32-24-10-5-8-21-9-6-11-25(27(21)24)37(32,35)36/h5-6,8-11,13-16,23H,3-4,7,12,17-19H2,1-2H3,(H,30,34)/t23-/m1/s1. The lowest BCUT2D eigenvalue weighted by Crippen LogP contribution is -2.49. The van der Waals surface area contributed by atoms with Crippen molar-refractivity contribution in [3.05, 3.63) is 71.2 Å². The van der Waals surface area contributed by atoms with Crippen LogP contribution in [0.25, 0.3) is 10.8 Å². The van der Waals surface area contributed by atoms with Gasteiger partial charge in [-0.15, -0.1) is 0 Å². The number of carbonyl (C=O) groups excluding carboxylic acids is 2. The molecule has 0 radical (unpaired) electrons. The van der Waals surface area contributed by atoms with Gasteiger partial charge in [0.15, 0.2) is 0 Å². The SMILES string of the molecule is CCCNC(=O)[C@@H](CC)N(Cc1ccc(Cl)cc1)C(=O)CCCN1c2cccc3cccc(c23)S1(=O)=O. The maximum atomic E-state index is 13.5. The average molecular weight is 542 g/mol. The molecule has 0 spiro atoms. The molecule has 1 heterocycles. The van der Waals surface area contributed by atoms with Crippen LogP contribution in [0.5, 0.6) is 0 Å². The molecule has 2 amide bonds. The summed E-state index contributed by atoms with van der Waals surface area (Å²) in [6.45, 7) is 4.84. The first-order valence-electron chi connectivity index (χ1n) is 12.6. The molecule has 1 aliphatic rings. The Morgan fingerprint density at radius 1 is 1.03 bits per heavy atom. The summed E-state index contributed by atoms with van der Waals surface area (Å²) in [6.07, 6.45) is 1.70. The van der Waals surface area contributed by atoms with Gasteiger partial charge in [-0.2, -0.15) is 0 Å². The summed E-state index contributed by atoms with van der Waals surface area (Å²) < 4.78 is 27.9. The minimum absolute atomic E-state index is 0.115. The molecular formula is C28H32ClN3O4S. The van der Waals surface area contributed by atoms with Gasteiger partial charge in [0.1, 0.15) is 6.04 Å². The Kier molecular flexibility index (Phi) is 8.39. The summed E-state index contributed by atoms with van der Waals surface area (Å²) in [5.41, 5.74) is 1.51. The van der Waals surface area contributed by atoms with Gasteiger partial charge in [-0.05, 0) is 54.5 Å². The third-order valence-electron chi connectivity index (χ3n) is 6.63. The van der Waals surface area contributed by atoms with Gasteiger partial charge < -0.3 is 10.2 Å². The fraction of sp³-hybridized carbons (Fsp3) is 0.357. The van der Waals surface area contributed by atoms with Gasteiger partial charge in [0.25, 0.3) is 10.0 Å². The third-order valence-corrected chi connectivity index (χ3v) is 8.74. The van der Waals surface area contributed by atoms with Crippen LogP contribution in [0.1, 0.15) is 45.1 Å². The van der Waals surface area contributed by atoms with E-state index in [0.29, 0.717) is 35.0 Å². The molecule has 0 aromatic heterocycles. The van der Waals surface area contributed by atoms with E-state index in [1.165, 1.54) is 4.31 Å². The predicted molar refractivity (Wildman–Crippen MR) is 147 cm³/mol. The summed E-state index contributed by atoms with van der Waals surface area (Å²) in [5.74, 6) is -0.378. The Labute approximate surface area is 223 Å². The van der Waals surface area contributed by atoms with Crippen LogP contribution in [0.3, 0.4) is 0 Å². The van der Waals surface area contributed by atoms with E-state index in [-0.39, 0.29) is 31.3 Å². The molecule has 3 aromatic rings. The van der Waals surface area contributed by atoms with E-state index >= 15 is 0 Å². The zero-order valence-electron chi connectivity index (χ0n) is 21.1. The fourth-order valence-corrected chi connectivity index (χ4v) is 6.66. The summed E-state index contributed by atoms with van der Waals surface area (Å²) in [7, 11) is -3.68. The van der Waals surface area contributed by atoms with Crippen molar-refractivity contribution in [3.63, 3.8) is 0 Å². The lowest BCUT2D eigenvalue weighted by Gasteiger charge is -2.31. The van der Waals surface area contributed by atoms with Crippen LogP contribution in [0.4, 0.5) is 5.69 Å². The van der Waals surface area contributed by atoms with Gasteiger partial charge in [0.2, 0.25) is 11.8 Å². The fourth-order valence-electron chi connectivity index (χ4n) is 4.79. The number of benzene rings is 3. The Hall–Kier alpha value is -3.10. The minimum Gasteiger partial charge on any atom is -0.354 e. The second kappa shape index (κ2) is 11.5. The monoisotopic (exact) mass is 541 g/mol. The third kappa shape index (κ3) is 5.60. The van der Waals surface area contributed by atoms with Crippen LogP contribution in [0, 0.1) is 0 Å². The Bertz CT molecular complexity index is 1390. The second-order valence-electron chi connectivity index (χ2n) is 9.18. The highest BCUT2D eigenvalue weighted by Crippen LogP contribution is 2.42. The predicted octanol–water partition coefficient (Wildman–Crippen LogP) is 5.12. The number of rotatable bonds is 11. The van der Waals surface area contributed by atoms with E-state index in [9.17, 15) is 18.0 Å². The molecule has 9 heteroatoms. The molecule has 37 heavy (non-hydrogen) atoms. The molecule has 1 aliphatic heterocycles. The zero-order valence-corrected chi connectivity index (χ0v) is 22.7. The normalized spacial score (nSPS) is 14.5. The van der Waals surface area contributed by atoms with Crippen LogP contribution in [-0.2, 0) is 26.2 Å². The number of anilines is 1. The molecule has 0 fully saturated rings. The Morgan fingerprint density at radius 2 is 1.73 bits per heavy atom. The topological polar surface area (TPSA) is 86.8 Å². The van der Waals surface area contributed by atoms with Crippen molar-refractivity contribution < 1.29 is 18.0 Å². The van der Waals surface area contributed by atoms with Gasteiger partial charge in [0, 0.05) is 36.5 Å². The number of halogens is 1. The van der Waals surface area contributed by atoms with Crippen molar-refractivity contribution in [3.8, 4) is 0 Å². The number of nitrogens with zero attached hydrogens (tertiary/aromatic N) is 2. The van der Waals surface area contributed by atoms with E-state index < -0.39 is 16.1 Å². The van der Waals surface area contributed by atoms with Crippen molar-refractivity contribution in [2.24, 2.45) is 0 Å². The molecule has 4 rings (SSSR count). The molecule has 3 aromatic carbocycles. The molecule has 196 valence electrons. The van der Waals surface area contributed by atoms with E-state index in [2.05, 4.69) is 5.32 Å². The second-order valence-corrected chi connectivity index (χ2v) is 11.4. The van der Waals surface area contributed by atoms with Gasteiger partial charge in [-0.1, -0.05) is 61.8 Å². The minimum atomic E-state index is -3.68. The first kappa shape index (κ1) is 26.9. The van der Waals surface area contributed by atoms with Crippen molar-refractivity contribution >= 4 is 49.9 Å². The van der Waals surface area contributed by atoms with Crippen LogP contribution < -0.4 is 9.62 Å². The first-order valence-corrected chi connectivity index (χ1v) is 14.5. The smallest absolute Gasteiger partial charge is 0.265 e. The van der Waals surface area contributed by atoms with Crippen molar-refractivity contribution in [1.82, 2.24) is 10.2 Å². The number of hydrogen-bond donors (Lipinski definition) is 1. The first-order chi connectivity index (χ1) is 17.8. The molecule has 0 saturated carbocycles. The maximum absolute atomic E-state index is 13.5. The summed E-state index contributed by atoms with van der Waals surface area (Å²) in [4.78, 5) is 28.3. The molecule has 1 atom stereocenters. The van der Waals surface area contributed by atoms with Crippen LogP contribution in [0.15, 0.2) is 65.6 Å². The quantitative estimate of drug-likeness (QED) is 0.365. The maximum Gasteiger partial charge on any atom is 0.265 e. The number of sulfonamides is 1. The molecule has 1 N–H and O–H groups in total. The van der Waals surface area contributed by atoms with Gasteiger partial charge in [-0.3, -0.25) is 13.9 Å². The molecule has 0 bridgehead atoms. The highest BCUT2D eigenvalue weighted by molar-refractivity contribution is 7.93. The van der Waals surface area contributed by atoms with E-state index in [1.807, 2.05) is 44.2 Å². The number of amides is 2. The number of nitrogens with one attached hydrogen (secondary N) is 1. The average Bonchev–Trinajstić information content (AvgIpc) is 3.11. The molecule has 7 nitrogen and oxygen atoms in total. The molecule has 0 unspecified atom stereocenters. The lowest BCUT2D eigenvalue weighted by atomic mass is 10.1. The lowest BCUT2D eigenvalue weighted by molar-refractivity contribution is -0.141. The highest BCUT2D eigenvalue weighted by Gasteiger charge is 2.35. The number of carbonyl (C=O) groups is 2. The van der Waals surface area contributed by atoms with Crippen molar-refractivity contribution in [2.45, 2.75) is 57.0 Å². The van der Waals surface area contributed by atoms with Gasteiger partial charge >= 0.3 is 0 Å². The van der Waals surface area contributed by atoms with E-state index in [4.69, 9.17) is 11.6 Å². The van der Waals surface area contributed by atoms with E-state index in [0.717, 1.165) is 22.8 Å². The molecule has 0 saturated heterocycles. The van der Waals surface area contributed by atoms with Gasteiger partial charge in [-0.25, -0.2) is 8.42 Å². The summed E-state index contributed by atoms with van der Waals surface area (Å²) in [5, 5.41) is 5.09. The van der Waals surface area contributed by atoms with Crippen molar-refractivity contribution in [2.75, 3.05) is 17.4 Å². The highest BCUT2D eigenvalue weighted by atomic mass is 35.5. The Morgan fingerprint density at radius 3 is 2.41 bits per heavy atom. The zero-order chi connectivity index (χ0) is 26.6. The van der Waals surface area contributed by atoms with Crippen molar-refractivity contribution in [1.29, 1.82) is 0 Å². The van der Waals surface area contributed by atoms with Crippen LogP contribution >= 0.6 is 11.6 Å². The molecule has 0 aliphatic carbocycles. The van der Waals surface area contributed by atoms with Gasteiger partial charge in [0.05, 0.1) is 10.6 Å². The Balaban J connectivity index is 1.51. The summed E-state index contributed by atoms with van der Waals surface area (Å²) >= 11 is 6.03.